The normalized spacial score (nSPS) is 41.0. The van der Waals surface area contributed by atoms with Gasteiger partial charge < -0.3 is 5.11 Å². The summed E-state index contributed by atoms with van der Waals surface area (Å²) in [6.07, 6.45) is 18.5. The summed E-state index contributed by atoms with van der Waals surface area (Å²) in [5.74, 6) is 1.85. The van der Waals surface area contributed by atoms with Crippen molar-refractivity contribution in [1.29, 1.82) is 0 Å². The quantitative estimate of drug-likeness (QED) is 0.364. The minimum Gasteiger partial charge on any atom is -0.390 e. The zero-order valence-corrected chi connectivity index (χ0v) is 22.5. The molecule has 0 bridgehead atoms. The van der Waals surface area contributed by atoms with Crippen LogP contribution < -0.4 is 0 Å². The zero-order chi connectivity index (χ0) is 26.6. The molecule has 1 radical (unpaired) electrons. The van der Waals surface area contributed by atoms with Gasteiger partial charge in [0.1, 0.15) is 0 Å². The van der Waals surface area contributed by atoms with Crippen LogP contribution in [-0.4, -0.2) is 10.7 Å². The zero-order valence-electron chi connectivity index (χ0n) is 25.7. The summed E-state index contributed by atoms with van der Waals surface area (Å²) in [5.41, 5.74) is 1.92. The van der Waals surface area contributed by atoms with E-state index in [1.54, 1.807) is 5.57 Å². The first-order valence-corrected chi connectivity index (χ1v) is 12.3. The number of aliphatic hydroxyl groups is 1. The molecule has 0 aromatic carbocycles. The van der Waals surface area contributed by atoms with Crippen LogP contribution in [0.1, 0.15) is 113 Å². The predicted octanol–water partition coefficient (Wildman–Crippen LogP) is 7.96. The molecule has 0 spiro atoms. The molecular formula is C29H45OY-. The topological polar surface area (TPSA) is 20.2 Å². The fourth-order valence-corrected chi connectivity index (χ4v) is 7.32. The summed E-state index contributed by atoms with van der Waals surface area (Å²) >= 11 is 0. The maximum Gasteiger partial charge on any atom is 0.0591 e. The molecule has 2 heteroatoms. The molecule has 0 heterocycles. The van der Waals surface area contributed by atoms with Gasteiger partial charge in [0.25, 0.3) is 0 Å². The van der Waals surface area contributed by atoms with Gasteiger partial charge >= 0.3 is 0 Å². The molecule has 0 saturated heterocycles. The Morgan fingerprint density at radius 3 is 2.74 bits per heavy atom. The average molecular weight is 505 g/mol. The van der Waals surface area contributed by atoms with Gasteiger partial charge in [-0.2, -0.15) is 18.6 Å². The average Bonchev–Trinajstić information content (AvgIpc) is 3.45. The summed E-state index contributed by atoms with van der Waals surface area (Å²) in [6, 6.07) is 0. The van der Waals surface area contributed by atoms with E-state index in [9.17, 15) is 5.11 Å². The van der Waals surface area contributed by atoms with Crippen LogP contribution in [-0.2, 0) is 32.7 Å². The minimum absolute atomic E-state index is 0. The van der Waals surface area contributed by atoms with E-state index in [0.29, 0.717) is 24.2 Å². The first kappa shape index (κ1) is 18.5. The van der Waals surface area contributed by atoms with Crippen molar-refractivity contribution in [2.75, 3.05) is 0 Å². The van der Waals surface area contributed by atoms with E-state index in [-0.39, 0.29) is 50.0 Å². The second-order valence-electron chi connectivity index (χ2n) is 11.3. The molecule has 4 atom stereocenters. The van der Waals surface area contributed by atoms with Crippen molar-refractivity contribution in [2.24, 2.45) is 28.6 Å². The van der Waals surface area contributed by atoms with Gasteiger partial charge in [-0.1, -0.05) is 50.7 Å². The number of hydrogen-bond donors (Lipinski definition) is 1. The molecule has 3 unspecified atom stereocenters. The maximum atomic E-state index is 10.7. The van der Waals surface area contributed by atoms with Gasteiger partial charge in [-0.05, 0) is 94.2 Å². The monoisotopic (exact) mass is 504 g/mol. The molecule has 1 nitrogen and oxygen atoms in total. The number of hydrogen-bond acceptors (Lipinski definition) is 1. The van der Waals surface area contributed by atoms with Crippen molar-refractivity contribution >= 4 is 0 Å². The van der Waals surface area contributed by atoms with Crippen LogP contribution in [0.15, 0.2) is 35.5 Å². The Labute approximate surface area is 225 Å². The molecule has 4 fully saturated rings. The van der Waals surface area contributed by atoms with Crippen LogP contribution in [0.3, 0.4) is 0 Å². The van der Waals surface area contributed by atoms with Gasteiger partial charge in [-0.25, -0.2) is 0 Å². The molecule has 0 aromatic rings. The Kier molecular flexibility index (Phi) is 5.84. The van der Waals surface area contributed by atoms with Crippen molar-refractivity contribution in [1.82, 2.24) is 0 Å². The second-order valence-corrected chi connectivity index (χ2v) is 11.3. The van der Waals surface area contributed by atoms with Gasteiger partial charge in [0, 0.05) is 40.9 Å². The van der Waals surface area contributed by atoms with Crippen LogP contribution in [0.25, 0.3) is 0 Å². The van der Waals surface area contributed by atoms with E-state index >= 15 is 0 Å². The fraction of sp³-hybridized carbons (Fsp3) is 0.759. The number of rotatable bonds is 6. The maximum absolute atomic E-state index is 10.7. The summed E-state index contributed by atoms with van der Waals surface area (Å²) in [6.45, 7) is 3.20. The third-order valence-corrected chi connectivity index (χ3v) is 9.06. The van der Waals surface area contributed by atoms with Crippen LogP contribution in [0.2, 0.25) is 0 Å². The molecular weight excluding hydrogens is 453 g/mol. The van der Waals surface area contributed by atoms with Crippen molar-refractivity contribution in [3.63, 3.8) is 0 Å². The summed E-state index contributed by atoms with van der Waals surface area (Å²) in [5, 5.41) is 10.7. The van der Waals surface area contributed by atoms with Gasteiger partial charge in [0.15, 0.2) is 0 Å². The Balaban J connectivity index is 0.00000380. The van der Waals surface area contributed by atoms with Crippen LogP contribution in [0.5, 0.6) is 0 Å². The first-order chi connectivity index (χ1) is 16.6. The van der Waals surface area contributed by atoms with Crippen molar-refractivity contribution in [3.8, 4) is 0 Å². The molecule has 0 amide bonds. The Bertz CT molecular complexity index is 898. The molecule has 31 heavy (non-hydrogen) atoms. The van der Waals surface area contributed by atoms with Crippen LogP contribution in [0.4, 0.5) is 0 Å². The van der Waals surface area contributed by atoms with Crippen LogP contribution in [0, 0.1) is 35.0 Å². The van der Waals surface area contributed by atoms with Gasteiger partial charge in [0.05, 0.1) is 5.60 Å². The predicted molar refractivity (Wildman–Crippen MR) is 128 cm³/mol. The molecule has 4 aliphatic carbocycles. The number of fused-ring (bicyclic) bond motifs is 1. The fourth-order valence-electron chi connectivity index (χ4n) is 7.32. The standard InChI is InChI=1S/C29H45O.Y/c1-21-9-10-22(2)24(20-21)12-11-23-8-6-16-28(5)25(23)13-14-26(28)29(18-19-29)17-7-15-27(3,4)30;/h10-12,21,25-26,30H,2,6-9,13-20H2,1,3-5H3;/q-1;/b23-11+,24-12-;/t21?,25?,26?,28-;/m0./s1/i3D3,4D3;. The molecule has 171 valence electrons. The van der Waals surface area contributed by atoms with Crippen molar-refractivity contribution in [2.45, 2.75) is 110 Å². The van der Waals surface area contributed by atoms with E-state index < -0.39 is 19.3 Å². The van der Waals surface area contributed by atoms with Gasteiger partial charge in [-0.3, -0.25) is 0 Å². The molecule has 0 aliphatic heterocycles. The summed E-state index contributed by atoms with van der Waals surface area (Å²) in [4.78, 5) is 0. The number of allylic oxidation sites excluding steroid dienone is 5. The third-order valence-electron chi connectivity index (χ3n) is 9.06. The minimum atomic E-state index is -2.92. The van der Waals surface area contributed by atoms with Crippen LogP contribution >= 0.6 is 0 Å². The second kappa shape index (κ2) is 9.79. The first-order valence-electron chi connectivity index (χ1n) is 15.3. The SMILES string of the molecule is [2H]C([2H])([2H])C(O)(CCCC1(C2CCC3/C(=C/C=C4/CC(C)C[CH-]C4=C)CCC[C@@]32C)CC1)C([2H])([2H])[2H].[Y]. The van der Waals surface area contributed by atoms with Gasteiger partial charge in [0.2, 0.25) is 0 Å². The smallest absolute Gasteiger partial charge is 0.0591 e. The molecule has 4 saturated carbocycles. The van der Waals surface area contributed by atoms with E-state index in [2.05, 4.69) is 39.0 Å². The molecule has 4 aliphatic rings. The third kappa shape index (κ3) is 5.63. The molecule has 4 rings (SSSR count). The van der Waals surface area contributed by atoms with E-state index in [1.165, 1.54) is 43.3 Å². The Morgan fingerprint density at radius 2 is 2.03 bits per heavy atom. The molecule has 1 N–H and O–H groups in total. The Hall–Kier alpha value is 0.154. The molecule has 0 aromatic heterocycles. The summed E-state index contributed by atoms with van der Waals surface area (Å²) < 4.78 is 46.0. The van der Waals surface area contributed by atoms with Gasteiger partial charge in [-0.15, -0.1) is 11.6 Å². The van der Waals surface area contributed by atoms with E-state index in [0.717, 1.165) is 32.1 Å². The Morgan fingerprint density at radius 1 is 1.26 bits per heavy atom. The van der Waals surface area contributed by atoms with E-state index in [1.807, 2.05) is 0 Å². The summed E-state index contributed by atoms with van der Waals surface area (Å²) in [7, 11) is 0. The van der Waals surface area contributed by atoms with Crippen molar-refractivity contribution < 1.29 is 46.0 Å². The largest absolute Gasteiger partial charge is 0.390 e. The van der Waals surface area contributed by atoms with E-state index in [4.69, 9.17) is 8.22 Å². The van der Waals surface area contributed by atoms with Crippen molar-refractivity contribution in [3.05, 3.63) is 41.9 Å².